The summed E-state index contributed by atoms with van der Waals surface area (Å²) in [5, 5.41) is 2.90. The van der Waals surface area contributed by atoms with Gasteiger partial charge in [0.25, 0.3) is 0 Å². The Hall–Kier alpha value is -1.96. The minimum Gasteiger partial charge on any atom is -0.444 e. The van der Waals surface area contributed by atoms with Crippen LogP contribution in [-0.4, -0.2) is 65.4 Å². The first-order chi connectivity index (χ1) is 13.4. The number of nitrogens with one attached hydrogen (secondary N) is 1. The number of carbonyl (C=O) groups excluding carboxylic acids is 4. The highest BCUT2D eigenvalue weighted by Gasteiger charge is 2.55. The lowest BCUT2D eigenvalue weighted by Gasteiger charge is -2.45. The summed E-state index contributed by atoms with van der Waals surface area (Å²) in [6.07, 6.45) is 1.34. The lowest BCUT2D eigenvalue weighted by molar-refractivity contribution is -0.129. The van der Waals surface area contributed by atoms with Gasteiger partial charge in [0.05, 0.1) is 23.7 Å². The van der Waals surface area contributed by atoms with Gasteiger partial charge in [-0.1, -0.05) is 13.8 Å². The van der Waals surface area contributed by atoms with E-state index in [1.165, 1.54) is 18.7 Å². The number of ketones is 1. The Balaban J connectivity index is 3.60. The molecule has 0 aliphatic carbocycles. The molecule has 1 aliphatic heterocycles. The molecule has 1 N–H and O–H groups in total. The van der Waals surface area contributed by atoms with Gasteiger partial charge in [0.15, 0.2) is 5.78 Å². The van der Waals surface area contributed by atoms with E-state index >= 15 is 0 Å². The van der Waals surface area contributed by atoms with E-state index in [9.17, 15) is 19.2 Å². The number of Topliss-reactive ketones (excluding diaryl/α,β-unsaturated/α-hetero) is 1. The predicted octanol–water partition coefficient (Wildman–Crippen LogP) is 2.48. The molecule has 0 bridgehead atoms. The standard InChI is InChI=1S/C21H36N2O6/c1-9-21(10-2,28-8)18(22-14(4)26)17-15(12-24)11-16(13(3)25)23(17)19(27)29-20(5,6)7/h12,15-18H,9-11H2,1-8H3,(H,22,26)/t15-,16+,17+,18?/m0/s1. The van der Waals surface area contributed by atoms with Crippen molar-refractivity contribution < 1.29 is 28.7 Å². The van der Waals surface area contributed by atoms with Crippen molar-refractivity contribution in [1.29, 1.82) is 0 Å². The van der Waals surface area contributed by atoms with Gasteiger partial charge in [-0.05, 0) is 47.0 Å². The van der Waals surface area contributed by atoms with Gasteiger partial charge in [0.1, 0.15) is 11.9 Å². The third-order valence-corrected chi connectivity index (χ3v) is 5.71. The van der Waals surface area contributed by atoms with Crippen molar-refractivity contribution in [3.8, 4) is 0 Å². The van der Waals surface area contributed by atoms with Crippen molar-refractivity contribution in [1.82, 2.24) is 10.2 Å². The van der Waals surface area contributed by atoms with Crippen LogP contribution in [0.5, 0.6) is 0 Å². The molecule has 2 amide bonds. The zero-order valence-electron chi connectivity index (χ0n) is 18.9. The van der Waals surface area contributed by atoms with Gasteiger partial charge in [-0.25, -0.2) is 4.79 Å². The van der Waals surface area contributed by atoms with E-state index in [2.05, 4.69) is 5.32 Å². The molecular formula is C21H36N2O6. The average molecular weight is 413 g/mol. The average Bonchev–Trinajstić information content (AvgIpc) is 3.00. The maximum absolute atomic E-state index is 13.1. The Morgan fingerprint density at radius 3 is 2.07 bits per heavy atom. The number of hydrogen-bond donors (Lipinski definition) is 1. The second-order valence-corrected chi connectivity index (χ2v) is 8.69. The molecule has 29 heavy (non-hydrogen) atoms. The number of ether oxygens (including phenoxy) is 2. The van der Waals surface area contributed by atoms with Crippen LogP contribution in [0.2, 0.25) is 0 Å². The quantitative estimate of drug-likeness (QED) is 0.615. The van der Waals surface area contributed by atoms with Crippen molar-refractivity contribution >= 4 is 24.1 Å². The highest BCUT2D eigenvalue weighted by atomic mass is 16.6. The van der Waals surface area contributed by atoms with Gasteiger partial charge in [-0.2, -0.15) is 0 Å². The van der Waals surface area contributed by atoms with Gasteiger partial charge in [-0.15, -0.1) is 0 Å². The molecule has 0 saturated carbocycles. The van der Waals surface area contributed by atoms with Crippen LogP contribution in [0.15, 0.2) is 0 Å². The first kappa shape index (κ1) is 25.1. The molecule has 0 radical (unpaired) electrons. The lowest BCUT2D eigenvalue weighted by Crippen LogP contribution is -2.65. The zero-order chi connectivity index (χ0) is 22.6. The molecule has 1 fully saturated rings. The topological polar surface area (TPSA) is 102 Å². The summed E-state index contributed by atoms with van der Waals surface area (Å²) < 4.78 is 11.4. The van der Waals surface area contributed by atoms with Crippen molar-refractivity contribution in [3.05, 3.63) is 0 Å². The number of rotatable bonds is 8. The first-order valence-electron chi connectivity index (χ1n) is 10.2. The summed E-state index contributed by atoms with van der Waals surface area (Å²) in [6.45, 7) is 11.8. The molecule has 1 rings (SSSR count). The highest BCUT2D eigenvalue weighted by molar-refractivity contribution is 5.87. The van der Waals surface area contributed by atoms with Gasteiger partial charge in [-0.3, -0.25) is 14.5 Å². The van der Waals surface area contributed by atoms with Gasteiger partial charge < -0.3 is 19.6 Å². The SMILES string of the molecule is CCC(CC)(OC)C(NC(C)=O)[C@H]1[C@H](C=O)C[C@H](C(C)=O)N1C(=O)OC(C)(C)C. The summed E-state index contributed by atoms with van der Waals surface area (Å²) in [6, 6.07) is -2.25. The van der Waals surface area contributed by atoms with Crippen molar-refractivity contribution in [2.75, 3.05) is 7.11 Å². The van der Waals surface area contributed by atoms with E-state index in [-0.39, 0.29) is 18.1 Å². The maximum atomic E-state index is 13.1. The summed E-state index contributed by atoms with van der Waals surface area (Å²) in [4.78, 5) is 50.8. The van der Waals surface area contributed by atoms with Gasteiger partial charge in [0.2, 0.25) is 5.91 Å². The van der Waals surface area contributed by atoms with Crippen molar-refractivity contribution in [3.63, 3.8) is 0 Å². The van der Waals surface area contributed by atoms with Crippen LogP contribution in [0.25, 0.3) is 0 Å². The van der Waals surface area contributed by atoms with Crippen LogP contribution in [0.1, 0.15) is 67.7 Å². The molecular weight excluding hydrogens is 376 g/mol. The summed E-state index contributed by atoms with van der Waals surface area (Å²) in [7, 11) is 1.55. The first-order valence-corrected chi connectivity index (χ1v) is 10.2. The number of nitrogens with zero attached hydrogens (tertiary/aromatic N) is 1. The molecule has 1 heterocycles. The largest absolute Gasteiger partial charge is 0.444 e. The predicted molar refractivity (Wildman–Crippen MR) is 108 cm³/mol. The molecule has 0 aromatic heterocycles. The molecule has 0 aromatic carbocycles. The number of methoxy groups -OCH3 is 1. The van der Waals surface area contributed by atoms with E-state index in [1.807, 2.05) is 13.8 Å². The minimum atomic E-state index is -0.816. The fraction of sp³-hybridized carbons (Fsp3) is 0.810. The molecule has 1 aliphatic rings. The van der Waals surface area contributed by atoms with E-state index in [0.29, 0.717) is 12.8 Å². The van der Waals surface area contributed by atoms with E-state index in [4.69, 9.17) is 9.47 Å². The number of hydrogen-bond acceptors (Lipinski definition) is 6. The Bertz CT molecular complexity index is 615. The lowest BCUT2D eigenvalue weighted by atomic mass is 9.79. The third kappa shape index (κ3) is 5.56. The molecule has 8 heteroatoms. The summed E-state index contributed by atoms with van der Waals surface area (Å²) >= 11 is 0. The fourth-order valence-corrected chi connectivity index (χ4v) is 4.25. The fourth-order valence-electron chi connectivity index (χ4n) is 4.25. The zero-order valence-corrected chi connectivity index (χ0v) is 18.9. The Kier molecular flexibility index (Phi) is 8.38. The number of amides is 2. The number of likely N-dealkylation sites (tertiary alicyclic amines) is 1. The Labute approximate surface area is 173 Å². The second-order valence-electron chi connectivity index (χ2n) is 8.69. The van der Waals surface area contributed by atoms with Crippen LogP contribution >= 0.6 is 0 Å². The maximum Gasteiger partial charge on any atom is 0.411 e. The molecule has 8 nitrogen and oxygen atoms in total. The molecule has 1 unspecified atom stereocenters. The molecule has 4 atom stereocenters. The monoisotopic (exact) mass is 412 g/mol. The van der Waals surface area contributed by atoms with Gasteiger partial charge >= 0.3 is 6.09 Å². The number of carbonyl (C=O) groups is 4. The van der Waals surface area contributed by atoms with Gasteiger partial charge in [0, 0.05) is 20.0 Å². The Morgan fingerprint density at radius 1 is 1.17 bits per heavy atom. The van der Waals surface area contributed by atoms with Crippen LogP contribution in [0.3, 0.4) is 0 Å². The van der Waals surface area contributed by atoms with Crippen molar-refractivity contribution in [2.45, 2.75) is 97.1 Å². The third-order valence-electron chi connectivity index (χ3n) is 5.71. The molecule has 0 spiro atoms. The summed E-state index contributed by atoms with van der Waals surface area (Å²) in [5.41, 5.74) is -1.59. The highest BCUT2D eigenvalue weighted by Crippen LogP contribution is 2.39. The Morgan fingerprint density at radius 2 is 1.72 bits per heavy atom. The van der Waals surface area contributed by atoms with Crippen LogP contribution in [-0.2, 0) is 23.9 Å². The van der Waals surface area contributed by atoms with Crippen LogP contribution < -0.4 is 5.32 Å². The summed E-state index contributed by atoms with van der Waals surface area (Å²) in [5.74, 6) is -1.18. The molecule has 1 saturated heterocycles. The normalized spacial score (nSPS) is 23.4. The minimum absolute atomic E-state index is 0.187. The second kappa shape index (κ2) is 9.69. The van der Waals surface area contributed by atoms with E-state index in [0.717, 1.165) is 6.29 Å². The van der Waals surface area contributed by atoms with Crippen molar-refractivity contribution in [2.24, 2.45) is 5.92 Å². The van der Waals surface area contributed by atoms with Crippen LogP contribution in [0.4, 0.5) is 4.79 Å². The van der Waals surface area contributed by atoms with Crippen LogP contribution in [0, 0.1) is 5.92 Å². The molecule has 0 aromatic rings. The molecule has 166 valence electrons. The smallest absolute Gasteiger partial charge is 0.411 e. The number of aldehydes is 1. The van der Waals surface area contributed by atoms with E-state index in [1.54, 1.807) is 27.9 Å². The van der Waals surface area contributed by atoms with E-state index < -0.39 is 41.3 Å².